The summed E-state index contributed by atoms with van der Waals surface area (Å²) >= 11 is 0. The molecule has 0 aliphatic heterocycles. The van der Waals surface area contributed by atoms with Crippen molar-refractivity contribution in [2.45, 2.75) is 6.10 Å². The third-order valence-electron chi connectivity index (χ3n) is 1.07. The van der Waals surface area contributed by atoms with Crippen molar-refractivity contribution in [3.8, 4) is 0 Å². The fourth-order valence-electron chi connectivity index (χ4n) is 0.431. The fraction of sp³-hybridized carbons (Fsp3) is 0.286. The summed E-state index contributed by atoms with van der Waals surface area (Å²) in [6, 6.07) is 0. The first-order valence-electron chi connectivity index (χ1n) is 3.48. The van der Waals surface area contributed by atoms with Gasteiger partial charge in [0.05, 0.1) is 0 Å². The first-order chi connectivity index (χ1) is 6.43. The van der Waals surface area contributed by atoms with Gasteiger partial charge in [-0.25, -0.2) is 9.59 Å². The van der Waals surface area contributed by atoms with Crippen LogP contribution in [0.4, 0.5) is 0 Å². The van der Waals surface area contributed by atoms with Crippen molar-refractivity contribution in [2.24, 2.45) is 5.73 Å². The number of nitrogens with two attached hydrogens (primary N) is 1. The highest BCUT2D eigenvalue weighted by molar-refractivity contribution is 5.90. The van der Waals surface area contributed by atoms with Gasteiger partial charge >= 0.3 is 11.9 Å². The lowest BCUT2D eigenvalue weighted by Crippen LogP contribution is -2.33. The topological polar surface area (TPSA) is 127 Å². The molecule has 0 heterocycles. The van der Waals surface area contributed by atoms with Gasteiger partial charge < -0.3 is 20.7 Å². The molecule has 0 spiro atoms. The number of esters is 1. The molecule has 4 N–H and O–H groups in total. The summed E-state index contributed by atoms with van der Waals surface area (Å²) in [4.78, 5) is 30.8. The van der Waals surface area contributed by atoms with E-state index in [1.807, 2.05) is 0 Å². The van der Waals surface area contributed by atoms with Crippen LogP contribution in [0.5, 0.6) is 0 Å². The van der Waals surface area contributed by atoms with Crippen LogP contribution in [0.2, 0.25) is 0 Å². The molecule has 0 aromatic heterocycles. The zero-order chi connectivity index (χ0) is 11.1. The highest BCUT2D eigenvalue weighted by atomic mass is 16.5. The number of carbonyl (C=O) groups excluding carboxylic acids is 2. The van der Waals surface area contributed by atoms with Gasteiger partial charge in [-0.2, -0.15) is 0 Å². The predicted octanol–water partition coefficient (Wildman–Crippen LogP) is -1.98. The van der Waals surface area contributed by atoms with Crippen molar-refractivity contribution < 1.29 is 29.3 Å². The lowest BCUT2D eigenvalue weighted by molar-refractivity contribution is -0.144. The van der Waals surface area contributed by atoms with Crippen molar-refractivity contribution in [1.82, 2.24) is 0 Å². The smallest absolute Gasteiger partial charge is 0.331 e. The summed E-state index contributed by atoms with van der Waals surface area (Å²) in [7, 11) is 0. The Morgan fingerprint density at radius 3 is 2.36 bits per heavy atom. The Hall–Kier alpha value is -1.89. The number of amides is 1. The average Bonchev–Trinajstić information content (AvgIpc) is 2.10. The van der Waals surface area contributed by atoms with E-state index in [1.54, 1.807) is 0 Å². The van der Waals surface area contributed by atoms with E-state index in [1.165, 1.54) is 0 Å². The van der Waals surface area contributed by atoms with Gasteiger partial charge in [0.1, 0.15) is 6.61 Å². The summed E-state index contributed by atoms with van der Waals surface area (Å²) in [5.41, 5.74) is 4.65. The molecular weight excluding hydrogens is 194 g/mol. The van der Waals surface area contributed by atoms with Crippen LogP contribution in [0.15, 0.2) is 12.2 Å². The minimum Gasteiger partial charge on any atom is -0.478 e. The Kier molecular flexibility index (Phi) is 4.93. The first kappa shape index (κ1) is 12.1. The van der Waals surface area contributed by atoms with Crippen molar-refractivity contribution in [1.29, 1.82) is 0 Å². The second kappa shape index (κ2) is 5.70. The van der Waals surface area contributed by atoms with Crippen LogP contribution in [-0.2, 0) is 19.1 Å². The summed E-state index contributed by atoms with van der Waals surface area (Å²) in [6.45, 7) is -0.599. The molecule has 0 aromatic rings. The van der Waals surface area contributed by atoms with Crippen LogP contribution < -0.4 is 5.73 Å². The summed E-state index contributed by atoms with van der Waals surface area (Å²) in [5.74, 6) is -3.31. The van der Waals surface area contributed by atoms with Crippen molar-refractivity contribution >= 4 is 17.8 Å². The molecule has 1 amide bonds. The van der Waals surface area contributed by atoms with Crippen LogP contribution >= 0.6 is 0 Å². The number of aliphatic hydroxyl groups excluding tert-OH is 1. The normalized spacial score (nSPS) is 12.4. The van der Waals surface area contributed by atoms with Gasteiger partial charge in [0.25, 0.3) is 0 Å². The number of hydrogen-bond acceptors (Lipinski definition) is 5. The summed E-state index contributed by atoms with van der Waals surface area (Å²) in [5, 5.41) is 16.9. The number of carbonyl (C=O) groups is 3. The molecule has 0 saturated heterocycles. The average molecular weight is 203 g/mol. The van der Waals surface area contributed by atoms with E-state index in [9.17, 15) is 14.4 Å². The first-order valence-corrected chi connectivity index (χ1v) is 3.48. The van der Waals surface area contributed by atoms with Crippen LogP contribution in [0, 0.1) is 0 Å². The Morgan fingerprint density at radius 2 is 1.93 bits per heavy atom. The third-order valence-corrected chi connectivity index (χ3v) is 1.07. The molecule has 7 heteroatoms. The van der Waals surface area contributed by atoms with Gasteiger partial charge in [-0.15, -0.1) is 0 Å². The van der Waals surface area contributed by atoms with Gasteiger partial charge in [0.15, 0.2) is 6.10 Å². The second-order valence-electron chi connectivity index (χ2n) is 2.22. The Morgan fingerprint density at radius 1 is 1.36 bits per heavy atom. The quantitative estimate of drug-likeness (QED) is 0.351. The van der Waals surface area contributed by atoms with Gasteiger partial charge in [0, 0.05) is 12.2 Å². The number of rotatable bonds is 5. The number of primary amides is 1. The van der Waals surface area contributed by atoms with Gasteiger partial charge in [0.2, 0.25) is 5.91 Å². The number of aliphatic carboxylic acids is 1. The molecule has 0 fully saturated rings. The predicted molar refractivity (Wildman–Crippen MR) is 42.9 cm³/mol. The maximum atomic E-state index is 10.6. The Labute approximate surface area is 78.8 Å². The molecule has 0 aliphatic carbocycles. The molecule has 1 atom stereocenters. The lowest BCUT2D eigenvalue weighted by Gasteiger charge is -2.05. The number of hydrogen-bond donors (Lipinski definition) is 3. The van der Waals surface area contributed by atoms with E-state index in [0.717, 1.165) is 0 Å². The Balaban J connectivity index is 3.86. The van der Waals surface area contributed by atoms with Crippen LogP contribution in [0.3, 0.4) is 0 Å². The molecule has 0 bridgehead atoms. The zero-order valence-electron chi connectivity index (χ0n) is 7.04. The van der Waals surface area contributed by atoms with Gasteiger partial charge in [-0.05, 0) is 0 Å². The minimum atomic E-state index is -1.59. The molecule has 0 aliphatic rings. The maximum Gasteiger partial charge on any atom is 0.331 e. The van der Waals surface area contributed by atoms with E-state index >= 15 is 0 Å². The minimum absolute atomic E-state index is 0.568. The number of carboxylic acid groups (broad SMARTS) is 1. The molecular formula is C7H9NO6. The molecule has 1 unspecified atom stereocenters. The summed E-state index contributed by atoms with van der Waals surface area (Å²) < 4.78 is 4.28. The highest BCUT2D eigenvalue weighted by Gasteiger charge is 2.12. The van der Waals surface area contributed by atoms with E-state index in [0.29, 0.717) is 12.2 Å². The van der Waals surface area contributed by atoms with Crippen LogP contribution in [0.25, 0.3) is 0 Å². The molecule has 0 radical (unpaired) electrons. The van der Waals surface area contributed by atoms with Crippen LogP contribution in [-0.4, -0.2) is 40.8 Å². The van der Waals surface area contributed by atoms with Crippen molar-refractivity contribution in [2.75, 3.05) is 6.61 Å². The zero-order valence-corrected chi connectivity index (χ0v) is 7.04. The second-order valence-corrected chi connectivity index (χ2v) is 2.22. The molecule has 0 rings (SSSR count). The monoisotopic (exact) mass is 203 g/mol. The molecule has 7 nitrogen and oxygen atoms in total. The SMILES string of the molecule is NC(=O)C(O)COC(=O)/C=C/C(=O)O. The summed E-state index contributed by atoms with van der Waals surface area (Å²) in [6.07, 6.45) is -0.369. The molecule has 0 saturated carbocycles. The fourth-order valence-corrected chi connectivity index (χ4v) is 0.431. The highest BCUT2D eigenvalue weighted by Crippen LogP contribution is 1.87. The lowest BCUT2D eigenvalue weighted by atomic mass is 10.4. The standard InChI is InChI=1S/C7H9NO6/c8-7(13)4(9)3-14-6(12)2-1-5(10)11/h1-2,4,9H,3H2,(H2,8,13)(H,10,11)/b2-1+. The number of aliphatic hydroxyl groups is 1. The Bertz CT molecular complexity index is 271. The molecule has 0 aromatic carbocycles. The van der Waals surface area contributed by atoms with E-state index in [2.05, 4.69) is 10.5 Å². The van der Waals surface area contributed by atoms with E-state index in [-0.39, 0.29) is 0 Å². The van der Waals surface area contributed by atoms with Crippen molar-refractivity contribution in [3.05, 3.63) is 12.2 Å². The molecule has 14 heavy (non-hydrogen) atoms. The largest absolute Gasteiger partial charge is 0.478 e. The van der Waals surface area contributed by atoms with E-state index < -0.39 is 30.6 Å². The van der Waals surface area contributed by atoms with Crippen molar-refractivity contribution in [3.63, 3.8) is 0 Å². The number of carboxylic acids is 1. The maximum absolute atomic E-state index is 10.6. The van der Waals surface area contributed by atoms with E-state index in [4.69, 9.17) is 10.2 Å². The molecule has 78 valence electrons. The number of ether oxygens (including phenoxy) is 1. The third kappa shape index (κ3) is 5.72. The van der Waals surface area contributed by atoms with Gasteiger partial charge in [-0.1, -0.05) is 0 Å². The van der Waals surface area contributed by atoms with Gasteiger partial charge in [-0.3, -0.25) is 4.79 Å². The van der Waals surface area contributed by atoms with Crippen LogP contribution in [0.1, 0.15) is 0 Å².